The fourth-order valence-electron chi connectivity index (χ4n) is 3.85. The minimum absolute atomic E-state index is 0.122. The lowest BCUT2D eigenvalue weighted by Crippen LogP contribution is -2.39. The molecule has 6 nitrogen and oxygen atoms in total. The van der Waals surface area contributed by atoms with Crippen molar-refractivity contribution in [2.75, 3.05) is 7.05 Å². The van der Waals surface area contributed by atoms with Crippen LogP contribution in [0.3, 0.4) is 0 Å². The first-order chi connectivity index (χ1) is 15.0. The number of aryl methyl sites for hydroxylation is 2. The molecule has 1 atom stereocenters. The Morgan fingerprint density at radius 1 is 1.19 bits per heavy atom. The molecule has 3 aromatic rings. The number of carbonyl (C=O) groups is 1. The molecule has 162 valence electrons. The second-order valence-electron chi connectivity index (χ2n) is 7.87. The van der Waals surface area contributed by atoms with Crippen molar-refractivity contribution in [2.45, 2.75) is 51.7 Å². The fourth-order valence-corrected chi connectivity index (χ4v) is 4.04. The van der Waals surface area contributed by atoms with Gasteiger partial charge in [0.1, 0.15) is 5.75 Å². The van der Waals surface area contributed by atoms with Gasteiger partial charge in [-0.1, -0.05) is 41.9 Å². The van der Waals surface area contributed by atoms with Crippen molar-refractivity contribution in [3.05, 3.63) is 64.5 Å². The Kier molecular flexibility index (Phi) is 6.56. The summed E-state index contributed by atoms with van der Waals surface area (Å²) in [6.07, 6.45) is 4.64. The number of amides is 1. The topological polar surface area (TPSA) is 68.5 Å². The van der Waals surface area contributed by atoms with Gasteiger partial charge < -0.3 is 14.2 Å². The van der Waals surface area contributed by atoms with Gasteiger partial charge in [-0.15, -0.1) is 0 Å². The zero-order valence-corrected chi connectivity index (χ0v) is 18.6. The first-order valence-corrected chi connectivity index (χ1v) is 11.0. The number of fused-ring (bicyclic) bond motifs is 1. The zero-order valence-electron chi connectivity index (χ0n) is 17.8. The van der Waals surface area contributed by atoms with Crippen molar-refractivity contribution < 1.29 is 14.1 Å². The fraction of sp³-hybridized carbons (Fsp3) is 0.375. The second-order valence-corrected chi connectivity index (χ2v) is 8.31. The molecule has 0 unspecified atom stereocenters. The maximum Gasteiger partial charge on any atom is 0.263 e. The molecule has 4 rings (SSSR count). The average molecular weight is 440 g/mol. The van der Waals surface area contributed by atoms with E-state index in [1.807, 2.05) is 25.1 Å². The van der Waals surface area contributed by atoms with E-state index >= 15 is 0 Å². The number of carbonyl (C=O) groups excluding carboxylic acids is 1. The summed E-state index contributed by atoms with van der Waals surface area (Å²) in [6.45, 7) is 2.15. The minimum Gasteiger partial charge on any atom is -0.481 e. The van der Waals surface area contributed by atoms with Gasteiger partial charge >= 0.3 is 0 Å². The van der Waals surface area contributed by atoms with Gasteiger partial charge in [-0.05, 0) is 67.5 Å². The number of likely N-dealkylation sites (N-methyl/N-ethyl adjacent to an activating group) is 1. The Hall–Kier alpha value is -2.86. The molecule has 0 radical (unpaired) electrons. The molecule has 0 saturated heterocycles. The smallest absolute Gasteiger partial charge is 0.263 e. The molecular weight excluding hydrogens is 414 g/mol. The Morgan fingerprint density at radius 2 is 2.00 bits per heavy atom. The van der Waals surface area contributed by atoms with E-state index in [0.29, 0.717) is 23.2 Å². The Morgan fingerprint density at radius 3 is 2.77 bits per heavy atom. The summed E-state index contributed by atoms with van der Waals surface area (Å²) in [6, 6.07) is 13.4. The summed E-state index contributed by atoms with van der Waals surface area (Å²) in [4.78, 5) is 18.9. The van der Waals surface area contributed by atoms with Gasteiger partial charge in [0, 0.05) is 17.6 Å². The molecule has 31 heavy (non-hydrogen) atoms. The summed E-state index contributed by atoms with van der Waals surface area (Å²) in [7, 11) is 1.71. The molecule has 0 fully saturated rings. The second kappa shape index (κ2) is 9.52. The molecular formula is C24H26ClN3O3. The quantitative estimate of drug-likeness (QED) is 0.513. The van der Waals surface area contributed by atoms with Gasteiger partial charge in [-0.3, -0.25) is 4.79 Å². The summed E-state index contributed by atoms with van der Waals surface area (Å²) in [5.41, 5.74) is 3.49. The van der Waals surface area contributed by atoms with Crippen molar-refractivity contribution >= 4 is 17.5 Å². The number of hydrogen-bond donors (Lipinski definition) is 0. The van der Waals surface area contributed by atoms with Crippen LogP contribution < -0.4 is 4.74 Å². The van der Waals surface area contributed by atoms with Crippen molar-refractivity contribution in [3.63, 3.8) is 0 Å². The Bertz CT molecular complexity index is 1070. The lowest BCUT2D eigenvalue weighted by Gasteiger charge is -2.24. The molecule has 7 heteroatoms. The van der Waals surface area contributed by atoms with Crippen LogP contribution in [0.1, 0.15) is 43.2 Å². The van der Waals surface area contributed by atoms with E-state index in [2.05, 4.69) is 22.3 Å². The highest BCUT2D eigenvalue weighted by Crippen LogP contribution is 2.26. The number of aromatic nitrogens is 2. The Balaban J connectivity index is 1.41. The van der Waals surface area contributed by atoms with Gasteiger partial charge in [-0.25, -0.2) is 0 Å². The largest absolute Gasteiger partial charge is 0.481 e. The maximum absolute atomic E-state index is 13.0. The molecule has 1 aliphatic rings. The molecule has 0 saturated carbocycles. The van der Waals surface area contributed by atoms with E-state index in [0.717, 1.165) is 24.2 Å². The summed E-state index contributed by atoms with van der Waals surface area (Å²) < 4.78 is 11.4. The average Bonchev–Trinajstić information content (AvgIpc) is 3.25. The van der Waals surface area contributed by atoms with Gasteiger partial charge in [0.15, 0.2) is 6.10 Å². The highest BCUT2D eigenvalue weighted by Gasteiger charge is 2.24. The predicted molar refractivity (Wildman–Crippen MR) is 119 cm³/mol. The summed E-state index contributed by atoms with van der Waals surface area (Å²) in [5.74, 6) is 1.42. The number of ether oxygens (including phenoxy) is 1. The normalized spacial score (nSPS) is 14.0. The third-order valence-electron chi connectivity index (χ3n) is 5.54. The van der Waals surface area contributed by atoms with Crippen LogP contribution in [0, 0.1) is 0 Å². The Labute approximate surface area is 187 Å². The summed E-state index contributed by atoms with van der Waals surface area (Å²) >= 11 is 6.03. The lowest BCUT2D eigenvalue weighted by molar-refractivity contribution is -0.138. The predicted octanol–water partition coefficient (Wildman–Crippen LogP) is 5.08. The molecule has 0 bridgehead atoms. The number of hydrogen-bond acceptors (Lipinski definition) is 5. The van der Waals surface area contributed by atoms with Crippen molar-refractivity contribution in [1.82, 2.24) is 15.0 Å². The SMILES string of the molecule is CC[C@@H](Oc1ccc2c(c1)CCCC2)C(=O)N(C)Cc1nc(-c2cccc(Cl)c2)no1. The van der Waals surface area contributed by atoms with Crippen LogP contribution in [0.15, 0.2) is 47.0 Å². The van der Waals surface area contributed by atoms with Gasteiger partial charge in [0.25, 0.3) is 5.91 Å². The molecule has 2 aromatic carbocycles. The van der Waals surface area contributed by atoms with Crippen LogP contribution in [0.2, 0.25) is 5.02 Å². The zero-order chi connectivity index (χ0) is 21.8. The summed E-state index contributed by atoms with van der Waals surface area (Å²) in [5, 5.41) is 4.60. The third kappa shape index (κ3) is 5.07. The van der Waals surface area contributed by atoms with E-state index < -0.39 is 6.10 Å². The van der Waals surface area contributed by atoms with Gasteiger partial charge in [-0.2, -0.15) is 4.98 Å². The lowest BCUT2D eigenvalue weighted by atomic mass is 9.92. The molecule has 1 heterocycles. The van der Waals surface area contributed by atoms with Gasteiger partial charge in [0.2, 0.25) is 11.7 Å². The van der Waals surface area contributed by atoms with Gasteiger partial charge in [0.05, 0.1) is 6.54 Å². The van der Waals surface area contributed by atoms with E-state index in [4.69, 9.17) is 20.9 Å². The molecule has 0 spiro atoms. The van der Waals surface area contributed by atoms with Crippen LogP contribution >= 0.6 is 11.6 Å². The highest BCUT2D eigenvalue weighted by atomic mass is 35.5. The molecule has 0 aliphatic heterocycles. The number of benzene rings is 2. The van der Waals surface area contributed by atoms with Crippen LogP contribution in [-0.4, -0.2) is 34.1 Å². The highest BCUT2D eigenvalue weighted by molar-refractivity contribution is 6.30. The van der Waals surface area contributed by atoms with E-state index in [1.165, 1.54) is 24.0 Å². The molecule has 1 aliphatic carbocycles. The molecule has 1 aromatic heterocycles. The standard InChI is InChI=1S/C24H26ClN3O3/c1-3-21(30-20-12-11-16-7-4-5-8-17(16)14-20)24(29)28(2)15-22-26-23(27-31-22)18-9-6-10-19(25)13-18/h6,9-14,21H,3-5,7-8,15H2,1-2H3/t21-/m1/s1. The molecule has 0 N–H and O–H groups in total. The van der Waals surface area contributed by atoms with E-state index in [-0.39, 0.29) is 12.5 Å². The monoisotopic (exact) mass is 439 g/mol. The first kappa shape index (κ1) is 21.4. The van der Waals surface area contributed by atoms with Crippen LogP contribution in [-0.2, 0) is 24.2 Å². The van der Waals surface area contributed by atoms with E-state index in [1.54, 1.807) is 24.1 Å². The van der Waals surface area contributed by atoms with Crippen molar-refractivity contribution in [3.8, 4) is 17.1 Å². The van der Waals surface area contributed by atoms with Crippen LogP contribution in [0.4, 0.5) is 0 Å². The van der Waals surface area contributed by atoms with Crippen molar-refractivity contribution in [1.29, 1.82) is 0 Å². The van der Waals surface area contributed by atoms with Crippen molar-refractivity contribution in [2.24, 2.45) is 0 Å². The third-order valence-corrected chi connectivity index (χ3v) is 5.78. The first-order valence-electron chi connectivity index (χ1n) is 10.7. The molecule has 1 amide bonds. The number of rotatable bonds is 7. The van der Waals surface area contributed by atoms with Crippen LogP contribution in [0.25, 0.3) is 11.4 Å². The van der Waals surface area contributed by atoms with E-state index in [9.17, 15) is 4.79 Å². The van der Waals surface area contributed by atoms with Crippen LogP contribution in [0.5, 0.6) is 5.75 Å². The minimum atomic E-state index is -0.568. The maximum atomic E-state index is 13.0. The number of halogens is 1. The number of nitrogens with zero attached hydrogens (tertiary/aromatic N) is 3.